The molecule has 0 aromatic carbocycles. The Hall–Kier alpha value is -1.04. The topological polar surface area (TPSA) is 78.5 Å². The lowest BCUT2D eigenvalue weighted by molar-refractivity contribution is 0.127. The Morgan fingerprint density at radius 1 is 1.55 bits per heavy atom. The fraction of sp³-hybridized carbons (Fsp3) is 0.400. The largest absolute Gasteiger partial charge is 0.491 e. The molecular weight excluding hydrogens is 168 g/mol. The van der Waals surface area contributed by atoms with E-state index in [4.69, 9.17) is 15.4 Å². The first-order chi connectivity index (χ1) is 5.04. The summed E-state index contributed by atoms with van der Waals surface area (Å²) in [4.78, 5) is 3.45. The number of hydrogen-bond donors (Lipinski definition) is 4. The number of aromatic hydroxyl groups is 2. The molecule has 1 rings (SSSR count). The fourth-order valence-electron chi connectivity index (χ4n) is 0.689. The van der Waals surface area contributed by atoms with Crippen molar-refractivity contribution in [2.45, 2.75) is 12.2 Å². The summed E-state index contributed by atoms with van der Waals surface area (Å²) < 4.78 is 0.196. The lowest BCUT2D eigenvalue weighted by Crippen LogP contribution is -1.88. The standard InChI is InChI=1S/C5H8N2O3S/c1-2(11)3-4(8)7(10)5(9)6-3/h2,8,10-11H,1H3,(H,6,9). The summed E-state index contributed by atoms with van der Waals surface area (Å²) in [6.07, 6.45) is 0. The van der Waals surface area contributed by atoms with Crippen LogP contribution in [0, 0.1) is 0 Å². The van der Waals surface area contributed by atoms with Crippen molar-refractivity contribution in [3.05, 3.63) is 5.69 Å². The highest BCUT2D eigenvalue weighted by atomic mass is 32.1. The van der Waals surface area contributed by atoms with Gasteiger partial charge in [0.2, 0.25) is 0 Å². The lowest BCUT2D eigenvalue weighted by atomic mass is 10.3. The second-order valence-electron chi connectivity index (χ2n) is 2.11. The third-order valence-electron chi connectivity index (χ3n) is 1.24. The molecule has 1 unspecified atom stereocenters. The predicted molar refractivity (Wildman–Crippen MR) is 40.1 cm³/mol. The molecule has 0 amide bonds. The van der Waals surface area contributed by atoms with Crippen molar-refractivity contribution in [3.63, 3.8) is 0 Å². The number of thiol groups is 1. The molecule has 1 aromatic heterocycles. The SMILES string of the molecule is CC(S)c1nc(O)n(O)c1O. The molecule has 0 aliphatic carbocycles. The van der Waals surface area contributed by atoms with Gasteiger partial charge in [0.25, 0.3) is 5.88 Å². The lowest BCUT2D eigenvalue weighted by Gasteiger charge is -1.97. The van der Waals surface area contributed by atoms with Crippen LogP contribution < -0.4 is 0 Å². The summed E-state index contributed by atoms with van der Waals surface area (Å²) in [5.41, 5.74) is 0.147. The van der Waals surface area contributed by atoms with Crippen molar-refractivity contribution in [2.75, 3.05) is 0 Å². The zero-order valence-corrected chi connectivity index (χ0v) is 6.66. The Morgan fingerprint density at radius 2 is 2.09 bits per heavy atom. The van der Waals surface area contributed by atoms with E-state index in [1.807, 2.05) is 0 Å². The summed E-state index contributed by atoms with van der Waals surface area (Å²) in [5, 5.41) is 26.3. The smallest absolute Gasteiger partial charge is 0.331 e. The van der Waals surface area contributed by atoms with Crippen LogP contribution in [0.15, 0.2) is 0 Å². The first-order valence-electron chi connectivity index (χ1n) is 2.92. The average molecular weight is 176 g/mol. The van der Waals surface area contributed by atoms with E-state index >= 15 is 0 Å². The summed E-state index contributed by atoms with van der Waals surface area (Å²) in [5.74, 6) is -0.481. The van der Waals surface area contributed by atoms with Crippen molar-refractivity contribution >= 4 is 12.6 Å². The predicted octanol–water partition coefficient (Wildman–Crippen LogP) is 0.522. The first-order valence-corrected chi connectivity index (χ1v) is 3.43. The highest BCUT2D eigenvalue weighted by Crippen LogP contribution is 2.29. The van der Waals surface area contributed by atoms with Gasteiger partial charge in [0.05, 0.1) is 0 Å². The molecule has 1 atom stereocenters. The van der Waals surface area contributed by atoms with Gasteiger partial charge in [-0.3, -0.25) is 0 Å². The Bertz CT molecular complexity index is 271. The molecule has 0 aliphatic heterocycles. The van der Waals surface area contributed by atoms with Gasteiger partial charge in [0.1, 0.15) is 5.69 Å². The molecule has 0 saturated heterocycles. The first kappa shape index (κ1) is 8.06. The molecule has 0 bridgehead atoms. The molecule has 0 saturated carbocycles. The van der Waals surface area contributed by atoms with Crippen LogP contribution >= 0.6 is 12.6 Å². The highest BCUT2D eigenvalue weighted by molar-refractivity contribution is 7.80. The van der Waals surface area contributed by atoms with Gasteiger partial charge < -0.3 is 15.4 Å². The molecule has 5 nitrogen and oxygen atoms in total. The minimum Gasteiger partial charge on any atom is -0.491 e. The Balaban J connectivity index is 3.19. The van der Waals surface area contributed by atoms with Gasteiger partial charge in [0.15, 0.2) is 0 Å². The van der Waals surface area contributed by atoms with E-state index in [-0.39, 0.29) is 15.7 Å². The van der Waals surface area contributed by atoms with E-state index in [2.05, 4.69) is 17.6 Å². The number of aromatic nitrogens is 2. The molecular formula is C5H8N2O3S. The summed E-state index contributed by atoms with van der Waals surface area (Å²) in [6, 6.07) is -0.640. The zero-order valence-electron chi connectivity index (χ0n) is 5.76. The van der Waals surface area contributed by atoms with Crippen molar-refractivity contribution in [1.29, 1.82) is 0 Å². The van der Waals surface area contributed by atoms with Crippen LogP contribution in [0.4, 0.5) is 0 Å². The molecule has 0 fully saturated rings. The molecule has 1 aromatic rings. The molecule has 6 heteroatoms. The van der Waals surface area contributed by atoms with Crippen molar-refractivity contribution < 1.29 is 15.4 Å². The van der Waals surface area contributed by atoms with Crippen LogP contribution in [0.25, 0.3) is 0 Å². The molecule has 0 aliphatic rings. The summed E-state index contributed by atoms with van der Waals surface area (Å²) in [6.45, 7) is 1.66. The molecule has 1 heterocycles. The second-order valence-corrected chi connectivity index (χ2v) is 2.88. The number of nitrogens with zero attached hydrogens (tertiary/aromatic N) is 2. The monoisotopic (exact) mass is 176 g/mol. The van der Waals surface area contributed by atoms with Crippen molar-refractivity contribution in [3.8, 4) is 11.9 Å². The Morgan fingerprint density at radius 3 is 2.27 bits per heavy atom. The van der Waals surface area contributed by atoms with E-state index in [0.29, 0.717) is 0 Å². The highest BCUT2D eigenvalue weighted by Gasteiger charge is 2.17. The van der Waals surface area contributed by atoms with E-state index in [0.717, 1.165) is 0 Å². The van der Waals surface area contributed by atoms with Crippen LogP contribution in [-0.4, -0.2) is 25.1 Å². The van der Waals surface area contributed by atoms with Gasteiger partial charge in [-0.05, 0) is 6.92 Å². The van der Waals surface area contributed by atoms with Crippen molar-refractivity contribution in [2.24, 2.45) is 0 Å². The maximum absolute atomic E-state index is 9.03. The summed E-state index contributed by atoms with van der Waals surface area (Å²) in [7, 11) is 0. The quantitative estimate of drug-likeness (QED) is 0.371. The van der Waals surface area contributed by atoms with Crippen LogP contribution in [0.3, 0.4) is 0 Å². The van der Waals surface area contributed by atoms with Gasteiger partial charge in [-0.1, -0.05) is 4.73 Å². The minimum atomic E-state index is -0.640. The average Bonchev–Trinajstić information content (AvgIpc) is 2.17. The third-order valence-corrected chi connectivity index (χ3v) is 1.48. The fourth-order valence-corrected chi connectivity index (χ4v) is 0.862. The van der Waals surface area contributed by atoms with E-state index in [1.165, 1.54) is 0 Å². The normalized spacial score (nSPS) is 13.3. The van der Waals surface area contributed by atoms with Crippen molar-refractivity contribution in [1.82, 2.24) is 9.71 Å². The van der Waals surface area contributed by atoms with Crippen LogP contribution in [-0.2, 0) is 0 Å². The molecule has 0 spiro atoms. The van der Waals surface area contributed by atoms with Gasteiger partial charge in [0, 0.05) is 5.25 Å². The molecule has 11 heavy (non-hydrogen) atoms. The number of hydrogen-bond acceptors (Lipinski definition) is 5. The van der Waals surface area contributed by atoms with Gasteiger partial charge >= 0.3 is 6.01 Å². The Labute approximate surface area is 68.3 Å². The zero-order chi connectivity index (χ0) is 8.59. The van der Waals surface area contributed by atoms with Gasteiger partial charge in [-0.2, -0.15) is 17.6 Å². The third kappa shape index (κ3) is 1.21. The molecule has 62 valence electrons. The van der Waals surface area contributed by atoms with E-state index in [9.17, 15) is 0 Å². The van der Waals surface area contributed by atoms with Crippen LogP contribution in [0.5, 0.6) is 11.9 Å². The Kier molecular flexibility index (Phi) is 1.86. The van der Waals surface area contributed by atoms with Crippen LogP contribution in [0.1, 0.15) is 17.9 Å². The second kappa shape index (κ2) is 2.54. The summed E-state index contributed by atoms with van der Waals surface area (Å²) >= 11 is 3.96. The maximum atomic E-state index is 9.03. The molecule has 0 radical (unpaired) electrons. The maximum Gasteiger partial charge on any atom is 0.331 e. The van der Waals surface area contributed by atoms with Crippen LogP contribution in [0.2, 0.25) is 0 Å². The van der Waals surface area contributed by atoms with E-state index < -0.39 is 11.9 Å². The number of imidazole rings is 1. The van der Waals surface area contributed by atoms with E-state index in [1.54, 1.807) is 6.92 Å². The number of rotatable bonds is 1. The molecule has 3 N–H and O–H groups in total. The van der Waals surface area contributed by atoms with Gasteiger partial charge in [-0.15, -0.1) is 0 Å². The minimum absolute atomic E-state index is 0.147. The van der Waals surface area contributed by atoms with Gasteiger partial charge in [-0.25, -0.2) is 0 Å².